The van der Waals surface area contributed by atoms with Gasteiger partial charge in [0.2, 0.25) is 0 Å². The highest BCUT2D eigenvalue weighted by Gasteiger charge is 2.18. The maximum atomic E-state index is 11.7. The lowest BCUT2D eigenvalue weighted by molar-refractivity contribution is 0.0531. The van der Waals surface area contributed by atoms with Gasteiger partial charge in [-0.3, -0.25) is 0 Å². The molecule has 0 spiro atoms. The van der Waals surface area contributed by atoms with Gasteiger partial charge in [0.1, 0.15) is 0 Å². The van der Waals surface area contributed by atoms with Gasteiger partial charge in [0.15, 0.2) is 0 Å². The number of carbonyl (C=O) groups excluding carboxylic acids is 1. The quantitative estimate of drug-likeness (QED) is 0.882. The van der Waals surface area contributed by atoms with Gasteiger partial charge in [-0.1, -0.05) is 23.7 Å². The molecule has 0 radical (unpaired) electrons. The van der Waals surface area contributed by atoms with Crippen LogP contribution in [0.2, 0.25) is 5.02 Å². The van der Waals surface area contributed by atoms with E-state index in [1.807, 2.05) is 12.1 Å². The number of aliphatic hydroxyl groups is 1. The monoisotopic (exact) mass is 270 g/mol. The molecule has 2 N–H and O–H groups in total. The Morgan fingerprint density at radius 2 is 2.17 bits per heavy atom. The van der Waals surface area contributed by atoms with Crippen LogP contribution in [0.5, 0.6) is 0 Å². The van der Waals surface area contributed by atoms with Crippen LogP contribution in [0, 0.1) is 0 Å². The molecule has 0 aliphatic carbocycles. The number of hydrogen-bond acceptors (Lipinski definition) is 2. The predicted octanol–water partition coefficient (Wildman–Crippen LogP) is 2.25. The zero-order valence-corrected chi connectivity index (χ0v) is 11.7. The Bertz CT molecular complexity index is 416. The summed E-state index contributed by atoms with van der Waals surface area (Å²) in [6.45, 7) is 4.01. The van der Waals surface area contributed by atoms with E-state index in [1.165, 1.54) is 4.90 Å². The van der Waals surface area contributed by atoms with E-state index >= 15 is 0 Å². The van der Waals surface area contributed by atoms with Crippen LogP contribution in [0.15, 0.2) is 24.3 Å². The third-order valence-electron chi connectivity index (χ3n) is 2.30. The minimum absolute atomic E-state index is 0.225. The van der Waals surface area contributed by atoms with Crippen molar-refractivity contribution in [1.82, 2.24) is 10.2 Å². The Balaban J connectivity index is 2.46. The van der Waals surface area contributed by atoms with Gasteiger partial charge in [-0.25, -0.2) is 4.79 Å². The molecule has 1 rings (SSSR count). The molecule has 1 aromatic rings. The minimum atomic E-state index is -0.901. The number of likely N-dealkylation sites (N-methyl/N-ethyl adjacent to an activating group) is 1. The standard InChI is InChI=1S/C13H19ClN2O2/c1-13(2,18)9-16(3)12(17)15-8-10-5-4-6-11(14)7-10/h4-7,18H,8-9H2,1-3H3,(H,15,17). The van der Waals surface area contributed by atoms with Crippen molar-refractivity contribution >= 4 is 17.6 Å². The third kappa shape index (κ3) is 5.38. The second-order valence-corrected chi connectivity index (χ2v) is 5.39. The normalized spacial score (nSPS) is 11.2. The van der Waals surface area contributed by atoms with E-state index < -0.39 is 5.60 Å². The van der Waals surface area contributed by atoms with Gasteiger partial charge in [-0.2, -0.15) is 0 Å². The first-order valence-electron chi connectivity index (χ1n) is 5.74. The van der Waals surface area contributed by atoms with Crippen LogP contribution in [-0.2, 0) is 6.54 Å². The lowest BCUT2D eigenvalue weighted by Crippen LogP contribution is -2.44. The molecule has 0 bridgehead atoms. The fraction of sp³-hybridized carbons (Fsp3) is 0.462. The van der Waals surface area contributed by atoms with Crippen LogP contribution >= 0.6 is 11.6 Å². The lowest BCUT2D eigenvalue weighted by Gasteiger charge is -2.25. The van der Waals surface area contributed by atoms with Gasteiger partial charge in [0.05, 0.1) is 12.1 Å². The zero-order chi connectivity index (χ0) is 13.8. The van der Waals surface area contributed by atoms with Gasteiger partial charge in [0, 0.05) is 18.6 Å². The molecule has 2 amide bonds. The van der Waals surface area contributed by atoms with Crippen molar-refractivity contribution in [1.29, 1.82) is 0 Å². The summed E-state index contributed by atoms with van der Waals surface area (Å²) in [5.41, 5.74) is 0.0369. The molecule has 0 aromatic heterocycles. The number of urea groups is 1. The van der Waals surface area contributed by atoms with Crippen molar-refractivity contribution in [3.63, 3.8) is 0 Å². The maximum absolute atomic E-state index is 11.7. The molecule has 0 unspecified atom stereocenters. The summed E-state index contributed by atoms with van der Waals surface area (Å²) in [6, 6.07) is 7.09. The molecular formula is C13H19ClN2O2. The first-order chi connectivity index (χ1) is 8.28. The minimum Gasteiger partial charge on any atom is -0.389 e. The van der Waals surface area contributed by atoms with Crippen LogP contribution in [0.1, 0.15) is 19.4 Å². The van der Waals surface area contributed by atoms with Crippen LogP contribution in [0.3, 0.4) is 0 Å². The highest BCUT2D eigenvalue weighted by atomic mass is 35.5. The SMILES string of the molecule is CN(CC(C)(C)O)C(=O)NCc1cccc(Cl)c1. The van der Waals surface area contributed by atoms with Gasteiger partial charge in [0.25, 0.3) is 0 Å². The number of carbonyl (C=O) groups is 1. The molecule has 100 valence electrons. The van der Waals surface area contributed by atoms with E-state index in [-0.39, 0.29) is 12.6 Å². The number of nitrogens with one attached hydrogen (secondary N) is 1. The fourth-order valence-corrected chi connectivity index (χ4v) is 1.82. The average Bonchev–Trinajstić information content (AvgIpc) is 2.23. The molecule has 0 aliphatic rings. The van der Waals surface area contributed by atoms with E-state index in [4.69, 9.17) is 11.6 Å². The van der Waals surface area contributed by atoms with E-state index in [2.05, 4.69) is 5.32 Å². The van der Waals surface area contributed by atoms with Crippen molar-refractivity contribution in [2.75, 3.05) is 13.6 Å². The molecule has 0 heterocycles. The first-order valence-corrected chi connectivity index (χ1v) is 6.11. The summed E-state index contributed by atoms with van der Waals surface area (Å²) < 4.78 is 0. The van der Waals surface area contributed by atoms with Crippen molar-refractivity contribution in [2.45, 2.75) is 26.0 Å². The largest absolute Gasteiger partial charge is 0.389 e. The van der Waals surface area contributed by atoms with Crippen LogP contribution in [0.4, 0.5) is 4.79 Å². The van der Waals surface area contributed by atoms with Gasteiger partial charge in [-0.15, -0.1) is 0 Å². The van der Waals surface area contributed by atoms with E-state index in [9.17, 15) is 9.90 Å². The number of nitrogens with zero attached hydrogens (tertiary/aromatic N) is 1. The number of halogens is 1. The van der Waals surface area contributed by atoms with E-state index in [0.29, 0.717) is 11.6 Å². The Hall–Kier alpha value is -1.26. The number of amides is 2. The van der Waals surface area contributed by atoms with Crippen molar-refractivity contribution < 1.29 is 9.90 Å². The average molecular weight is 271 g/mol. The smallest absolute Gasteiger partial charge is 0.317 e. The molecule has 1 aromatic carbocycles. The highest BCUT2D eigenvalue weighted by molar-refractivity contribution is 6.30. The second kappa shape index (κ2) is 6.07. The molecular weight excluding hydrogens is 252 g/mol. The van der Waals surface area contributed by atoms with Crippen LogP contribution < -0.4 is 5.32 Å². The summed E-state index contributed by atoms with van der Waals surface area (Å²) in [7, 11) is 1.64. The molecule has 4 nitrogen and oxygen atoms in total. The summed E-state index contributed by atoms with van der Waals surface area (Å²) in [5, 5.41) is 13.0. The van der Waals surface area contributed by atoms with Gasteiger partial charge in [-0.05, 0) is 31.5 Å². The summed E-state index contributed by atoms with van der Waals surface area (Å²) in [5.74, 6) is 0. The number of benzene rings is 1. The Labute approximate surface area is 113 Å². The molecule has 0 aliphatic heterocycles. The first kappa shape index (κ1) is 14.8. The number of rotatable bonds is 4. The molecule has 18 heavy (non-hydrogen) atoms. The third-order valence-corrected chi connectivity index (χ3v) is 2.54. The highest BCUT2D eigenvalue weighted by Crippen LogP contribution is 2.10. The van der Waals surface area contributed by atoms with Crippen molar-refractivity contribution in [3.8, 4) is 0 Å². The van der Waals surface area contributed by atoms with Crippen molar-refractivity contribution in [2.24, 2.45) is 0 Å². The molecule has 0 fully saturated rings. The fourth-order valence-electron chi connectivity index (χ4n) is 1.61. The molecule has 0 atom stereocenters. The number of hydrogen-bond donors (Lipinski definition) is 2. The van der Waals surface area contributed by atoms with Crippen LogP contribution in [0.25, 0.3) is 0 Å². The molecule has 0 saturated carbocycles. The predicted molar refractivity (Wildman–Crippen MR) is 72.6 cm³/mol. The molecule has 0 saturated heterocycles. The van der Waals surface area contributed by atoms with Gasteiger partial charge >= 0.3 is 6.03 Å². The van der Waals surface area contributed by atoms with Crippen molar-refractivity contribution in [3.05, 3.63) is 34.9 Å². The Morgan fingerprint density at radius 3 is 2.72 bits per heavy atom. The topological polar surface area (TPSA) is 52.6 Å². The Kier molecular flexibility index (Phi) is 4.99. The second-order valence-electron chi connectivity index (χ2n) is 4.96. The lowest BCUT2D eigenvalue weighted by atomic mass is 10.1. The summed E-state index contributed by atoms with van der Waals surface area (Å²) in [6.07, 6.45) is 0. The van der Waals surface area contributed by atoms with E-state index in [0.717, 1.165) is 5.56 Å². The zero-order valence-electron chi connectivity index (χ0n) is 10.9. The maximum Gasteiger partial charge on any atom is 0.317 e. The van der Waals surface area contributed by atoms with Gasteiger partial charge < -0.3 is 15.3 Å². The molecule has 5 heteroatoms. The summed E-state index contributed by atoms with van der Waals surface area (Å²) in [4.78, 5) is 13.2. The van der Waals surface area contributed by atoms with E-state index in [1.54, 1.807) is 33.0 Å². The van der Waals surface area contributed by atoms with Crippen LogP contribution in [-0.4, -0.2) is 35.2 Å². The summed E-state index contributed by atoms with van der Waals surface area (Å²) >= 11 is 5.85. The Morgan fingerprint density at radius 1 is 1.50 bits per heavy atom.